The zero-order valence-corrected chi connectivity index (χ0v) is 10.1. The summed E-state index contributed by atoms with van der Waals surface area (Å²) in [5, 5.41) is 0. The summed E-state index contributed by atoms with van der Waals surface area (Å²) < 4.78 is 0. The molecule has 0 amide bonds. The number of hydrogen-bond acceptors (Lipinski definition) is 0. The summed E-state index contributed by atoms with van der Waals surface area (Å²) in [6, 6.07) is 0. The molecule has 0 aromatic carbocycles. The second kappa shape index (κ2) is 4.02. The summed E-state index contributed by atoms with van der Waals surface area (Å²) in [5.74, 6) is 2.85. The van der Waals surface area contributed by atoms with E-state index in [9.17, 15) is 0 Å². The molecule has 4 unspecified atom stereocenters. The van der Waals surface area contributed by atoms with Crippen molar-refractivity contribution in [2.24, 2.45) is 23.2 Å². The van der Waals surface area contributed by atoms with Crippen molar-refractivity contribution in [3.05, 3.63) is 0 Å². The third-order valence-corrected chi connectivity index (χ3v) is 4.98. The average molecular weight is 182 g/mol. The molecule has 0 bridgehead atoms. The molecule has 1 saturated carbocycles. The summed E-state index contributed by atoms with van der Waals surface area (Å²) in [6.07, 6.45) is 5.65. The van der Waals surface area contributed by atoms with Gasteiger partial charge in [0.15, 0.2) is 0 Å². The van der Waals surface area contributed by atoms with Crippen molar-refractivity contribution in [3.63, 3.8) is 0 Å². The van der Waals surface area contributed by atoms with Crippen LogP contribution in [0.2, 0.25) is 0 Å². The van der Waals surface area contributed by atoms with Crippen LogP contribution < -0.4 is 0 Å². The molecule has 78 valence electrons. The molecule has 13 heavy (non-hydrogen) atoms. The van der Waals surface area contributed by atoms with Crippen LogP contribution in [0.3, 0.4) is 0 Å². The van der Waals surface area contributed by atoms with Crippen LogP contribution in [0, 0.1) is 23.2 Å². The van der Waals surface area contributed by atoms with Crippen molar-refractivity contribution >= 4 is 0 Å². The summed E-state index contributed by atoms with van der Waals surface area (Å²) >= 11 is 0. The Morgan fingerprint density at radius 1 is 1.31 bits per heavy atom. The minimum absolute atomic E-state index is 0.634. The molecule has 0 heterocycles. The Hall–Kier alpha value is 0. The molecule has 1 aliphatic carbocycles. The highest BCUT2D eigenvalue weighted by Crippen LogP contribution is 2.53. The minimum Gasteiger partial charge on any atom is -0.0651 e. The third-order valence-electron chi connectivity index (χ3n) is 4.98. The first kappa shape index (κ1) is 11.1. The van der Waals surface area contributed by atoms with Gasteiger partial charge in [-0.15, -0.1) is 0 Å². The van der Waals surface area contributed by atoms with E-state index in [2.05, 4.69) is 34.6 Å². The molecule has 0 nitrogen and oxygen atoms in total. The number of rotatable bonds is 3. The lowest BCUT2D eigenvalue weighted by atomic mass is 9.67. The van der Waals surface area contributed by atoms with E-state index >= 15 is 0 Å². The predicted octanol–water partition coefficient (Wildman–Crippen LogP) is 4.49. The van der Waals surface area contributed by atoms with E-state index in [0.29, 0.717) is 5.41 Å². The van der Waals surface area contributed by atoms with Crippen LogP contribution in [0.5, 0.6) is 0 Å². The van der Waals surface area contributed by atoms with E-state index in [-0.39, 0.29) is 0 Å². The Morgan fingerprint density at radius 3 is 2.38 bits per heavy atom. The Kier molecular flexibility index (Phi) is 3.43. The monoisotopic (exact) mass is 182 g/mol. The van der Waals surface area contributed by atoms with Gasteiger partial charge in [-0.3, -0.25) is 0 Å². The smallest absolute Gasteiger partial charge is 0.0272 e. The molecule has 1 aliphatic rings. The second-order valence-electron chi connectivity index (χ2n) is 5.33. The highest BCUT2D eigenvalue weighted by molar-refractivity contribution is 4.93. The van der Waals surface area contributed by atoms with Gasteiger partial charge in [0.05, 0.1) is 0 Å². The van der Waals surface area contributed by atoms with Crippen LogP contribution in [0.1, 0.15) is 60.3 Å². The lowest BCUT2D eigenvalue weighted by Crippen LogP contribution is -2.30. The minimum atomic E-state index is 0.634. The van der Waals surface area contributed by atoms with Crippen LogP contribution in [-0.4, -0.2) is 0 Å². The Labute approximate surface area is 84.1 Å². The quantitative estimate of drug-likeness (QED) is 0.603. The van der Waals surface area contributed by atoms with Crippen molar-refractivity contribution in [1.82, 2.24) is 0 Å². The summed E-state index contributed by atoms with van der Waals surface area (Å²) in [6.45, 7) is 12.1. The summed E-state index contributed by atoms with van der Waals surface area (Å²) in [7, 11) is 0. The Bertz CT molecular complexity index is 161. The molecule has 1 rings (SSSR count). The fraction of sp³-hybridized carbons (Fsp3) is 1.00. The lowest BCUT2D eigenvalue weighted by Gasteiger charge is -2.38. The van der Waals surface area contributed by atoms with E-state index < -0.39 is 0 Å². The van der Waals surface area contributed by atoms with Crippen molar-refractivity contribution in [1.29, 1.82) is 0 Å². The fourth-order valence-corrected chi connectivity index (χ4v) is 3.28. The second-order valence-corrected chi connectivity index (χ2v) is 5.33. The summed E-state index contributed by atoms with van der Waals surface area (Å²) in [4.78, 5) is 0. The first-order valence-corrected chi connectivity index (χ1v) is 6.06. The van der Waals surface area contributed by atoms with Crippen LogP contribution in [0.15, 0.2) is 0 Å². The molecule has 0 N–H and O–H groups in total. The molecule has 4 atom stereocenters. The van der Waals surface area contributed by atoms with Crippen LogP contribution in [0.4, 0.5) is 0 Å². The molecule has 0 radical (unpaired) electrons. The van der Waals surface area contributed by atoms with Gasteiger partial charge < -0.3 is 0 Å². The van der Waals surface area contributed by atoms with Gasteiger partial charge in [-0.1, -0.05) is 47.5 Å². The molecule has 0 heteroatoms. The van der Waals surface area contributed by atoms with Crippen molar-refractivity contribution in [3.8, 4) is 0 Å². The van der Waals surface area contributed by atoms with Gasteiger partial charge in [0.2, 0.25) is 0 Å². The van der Waals surface area contributed by atoms with Crippen LogP contribution >= 0.6 is 0 Å². The molecule has 1 fully saturated rings. The van der Waals surface area contributed by atoms with Gasteiger partial charge in [0.25, 0.3) is 0 Å². The largest absolute Gasteiger partial charge is 0.0651 e. The maximum atomic E-state index is 2.52. The SMILES string of the molecule is CCC(C)C1CCC(C)C1(C)CC. The Morgan fingerprint density at radius 2 is 1.92 bits per heavy atom. The maximum Gasteiger partial charge on any atom is -0.0272 e. The standard InChI is InChI=1S/C13H26/c1-6-10(3)12-9-8-11(4)13(12,5)7-2/h10-12H,6-9H2,1-5H3. The first-order valence-electron chi connectivity index (χ1n) is 6.06. The molecule has 0 aromatic heterocycles. The molecular weight excluding hydrogens is 156 g/mol. The van der Waals surface area contributed by atoms with Gasteiger partial charge in [-0.25, -0.2) is 0 Å². The maximum absolute atomic E-state index is 2.52. The molecule has 0 saturated heterocycles. The zero-order chi connectivity index (χ0) is 10.1. The highest BCUT2D eigenvalue weighted by atomic mass is 14.5. The third kappa shape index (κ3) is 1.78. The van der Waals surface area contributed by atoms with E-state index in [1.165, 1.54) is 25.7 Å². The van der Waals surface area contributed by atoms with Gasteiger partial charge in [0.1, 0.15) is 0 Å². The molecular formula is C13H26. The molecule has 0 aromatic rings. The van der Waals surface area contributed by atoms with Crippen molar-refractivity contribution in [2.45, 2.75) is 60.3 Å². The lowest BCUT2D eigenvalue weighted by molar-refractivity contribution is 0.115. The normalized spacial score (nSPS) is 42.2. The van der Waals surface area contributed by atoms with Gasteiger partial charge >= 0.3 is 0 Å². The van der Waals surface area contributed by atoms with Crippen molar-refractivity contribution < 1.29 is 0 Å². The average Bonchev–Trinajstić information content (AvgIpc) is 2.43. The zero-order valence-electron chi connectivity index (χ0n) is 10.1. The molecule has 0 aliphatic heterocycles. The Balaban J connectivity index is 2.75. The predicted molar refractivity (Wildman–Crippen MR) is 59.7 cm³/mol. The van der Waals surface area contributed by atoms with Crippen LogP contribution in [-0.2, 0) is 0 Å². The van der Waals surface area contributed by atoms with E-state index in [4.69, 9.17) is 0 Å². The molecule has 0 spiro atoms. The van der Waals surface area contributed by atoms with E-state index in [1.54, 1.807) is 0 Å². The first-order chi connectivity index (χ1) is 6.06. The van der Waals surface area contributed by atoms with Gasteiger partial charge in [-0.05, 0) is 36.0 Å². The topological polar surface area (TPSA) is 0 Å². The van der Waals surface area contributed by atoms with Gasteiger partial charge in [-0.2, -0.15) is 0 Å². The van der Waals surface area contributed by atoms with Crippen molar-refractivity contribution in [2.75, 3.05) is 0 Å². The number of hydrogen-bond donors (Lipinski definition) is 0. The van der Waals surface area contributed by atoms with Gasteiger partial charge in [0, 0.05) is 0 Å². The summed E-state index contributed by atoms with van der Waals surface area (Å²) in [5.41, 5.74) is 0.634. The van der Waals surface area contributed by atoms with Crippen LogP contribution in [0.25, 0.3) is 0 Å². The highest BCUT2D eigenvalue weighted by Gasteiger charge is 2.44. The van der Waals surface area contributed by atoms with E-state index in [0.717, 1.165) is 17.8 Å². The van der Waals surface area contributed by atoms with E-state index in [1.807, 2.05) is 0 Å². The fourth-order valence-electron chi connectivity index (χ4n) is 3.28.